The monoisotopic (exact) mass is 838 g/mol. The summed E-state index contributed by atoms with van der Waals surface area (Å²) in [5, 5.41) is 0. The Hall–Kier alpha value is 2.79. The molecule has 220 valence electrons. The Bertz CT molecular complexity index is 694. The molecule has 0 saturated heterocycles. The minimum Gasteiger partial charge on any atom is 0 e. The maximum atomic E-state index is 6.58. The zero-order chi connectivity index (χ0) is 27.2. The number of rotatable bonds is 7. The molecule has 0 nitrogen and oxygen atoms in total. The molecule has 1 aromatic carbocycles. The Morgan fingerprint density at radius 1 is 0.703 bits per heavy atom. The molecule has 0 amide bonds. The molecule has 2 aliphatic carbocycles. The van der Waals surface area contributed by atoms with E-state index in [4.69, 9.17) is 41.9 Å². The van der Waals surface area contributed by atoms with Crippen molar-refractivity contribution in [2.24, 2.45) is 0 Å². The number of benzene rings is 1. The van der Waals surface area contributed by atoms with Crippen molar-refractivity contribution in [3.63, 3.8) is 0 Å². The van der Waals surface area contributed by atoms with Crippen LogP contribution < -0.4 is 0 Å². The third-order valence-electron chi connectivity index (χ3n) is 6.49. The first-order valence-electron chi connectivity index (χ1n) is 13.7. The number of hydrogen-bond donors (Lipinski definition) is 0. The molecular formula is C27H52Cl4P2Ru2Si2+2. The normalized spacial score (nSPS) is 19.1. The molecule has 0 aliphatic heterocycles. The van der Waals surface area contributed by atoms with E-state index in [2.05, 4.69) is 39.3 Å². The largest absolute Gasteiger partial charge is 0 e. The average molecular weight is 839 g/mol. The molecule has 2 aliphatic rings. The molecule has 2 atom stereocenters. The Labute approximate surface area is 269 Å². The molecule has 1 aromatic rings. The molecule has 10 heteroatoms. The van der Waals surface area contributed by atoms with Crippen LogP contribution >= 0.6 is 56.4 Å². The van der Waals surface area contributed by atoms with Gasteiger partial charge in [-0.1, -0.05) is 52.1 Å². The van der Waals surface area contributed by atoms with Crippen molar-refractivity contribution in [1.82, 2.24) is 0 Å². The van der Waals surface area contributed by atoms with Crippen molar-refractivity contribution in [1.29, 1.82) is 0 Å². The fourth-order valence-corrected chi connectivity index (χ4v) is 27.6. The van der Waals surface area contributed by atoms with E-state index in [1.165, 1.54) is 75.8 Å². The zero-order valence-electron chi connectivity index (χ0n) is 23.8. The summed E-state index contributed by atoms with van der Waals surface area (Å²) >= 11 is 11.5. The Morgan fingerprint density at radius 3 is 1.35 bits per heavy atom. The van der Waals surface area contributed by atoms with Gasteiger partial charge in [0.25, 0.3) is 0 Å². The summed E-state index contributed by atoms with van der Waals surface area (Å²) in [5.41, 5.74) is 2.99. The molecule has 0 radical (unpaired) electrons. The van der Waals surface area contributed by atoms with Crippen LogP contribution in [0, 0.1) is 0 Å². The van der Waals surface area contributed by atoms with Crippen molar-refractivity contribution in [3.05, 3.63) is 35.9 Å². The maximum Gasteiger partial charge on any atom is 0 e. The van der Waals surface area contributed by atoms with Crippen LogP contribution in [0.1, 0.15) is 69.8 Å². The average Bonchev–Trinajstić information content (AvgIpc) is 2.79. The van der Waals surface area contributed by atoms with Gasteiger partial charge in [-0.05, 0) is 51.4 Å². The summed E-state index contributed by atoms with van der Waals surface area (Å²) in [4.78, 5) is 0. The zero-order valence-corrected chi connectivity index (χ0v) is 34.3. The van der Waals surface area contributed by atoms with Crippen molar-refractivity contribution in [3.8, 4) is 0 Å². The van der Waals surface area contributed by atoms with Crippen LogP contribution in [0.15, 0.2) is 30.3 Å². The third kappa shape index (κ3) is 22.1. The van der Waals surface area contributed by atoms with Crippen LogP contribution in [0.5, 0.6) is 0 Å². The first kappa shape index (κ1) is 39.8. The van der Waals surface area contributed by atoms with Crippen LogP contribution in [0.2, 0.25) is 39.3 Å². The molecule has 37 heavy (non-hydrogen) atoms. The predicted octanol–water partition coefficient (Wildman–Crippen LogP) is 11.9. The summed E-state index contributed by atoms with van der Waals surface area (Å²) in [6.07, 6.45) is 14.4. The summed E-state index contributed by atoms with van der Waals surface area (Å²) in [6.45, 7) is 14.7. The van der Waals surface area contributed by atoms with Gasteiger partial charge in [0, 0.05) is 19.5 Å². The van der Waals surface area contributed by atoms with E-state index in [1.807, 2.05) is 34.9 Å². The fraction of sp³-hybridized carbons (Fsp3) is 0.741. The van der Waals surface area contributed by atoms with Gasteiger partial charge in [0.2, 0.25) is 0 Å². The standard InChI is InChI=1S/2C10H22ClPSi.C7H6.2ClH.2Ru/c2*1-13(2,3)9-12(11)10-7-5-4-6-8-10;1-7-5-3-2-4-6-7;;;;/h2*10H,4-9H2,1-3H3;1-6H;2*1H;;/q;;;;;;+2. The first-order valence-corrected chi connectivity index (χ1v) is 32.2. The van der Waals surface area contributed by atoms with Gasteiger partial charge in [0.15, 0.2) is 0 Å². The van der Waals surface area contributed by atoms with E-state index in [0.29, 0.717) is 0 Å². The van der Waals surface area contributed by atoms with Gasteiger partial charge < -0.3 is 0 Å². The van der Waals surface area contributed by atoms with E-state index in [-0.39, 0.29) is 19.5 Å². The molecule has 3 rings (SSSR count). The molecule has 0 N–H and O–H groups in total. The smallest absolute Gasteiger partial charge is 0 e. The minimum absolute atomic E-state index is 0. The maximum absolute atomic E-state index is 6.58. The Morgan fingerprint density at radius 2 is 1.05 bits per heavy atom. The summed E-state index contributed by atoms with van der Waals surface area (Å²) in [6, 6.07) is 9.89. The fourth-order valence-electron chi connectivity index (χ4n) is 4.74. The Kier molecular flexibility index (Phi) is 23.1. The number of hydrogen-bond acceptors (Lipinski definition) is 0. The molecule has 2 saturated carbocycles. The van der Waals surface area contributed by atoms with Gasteiger partial charge in [-0.25, -0.2) is 0 Å². The van der Waals surface area contributed by atoms with Crippen molar-refractivity contribution in [2.75, 3.05) is 11.6 Å². The molecule has 0 heterocycles. The predicted molar refractivity (Wildman–Crippen MR) is 182 cm³/mol. The SMILES string of the molecule is C[Si](C)(C)C[PH+](Cl)C1CCCCC1.C[Si](C)(C)C[PH+](Cl)C1CCCCC1.[Cl][Ru]([Cl])=[CH]c1ccccc1.[Ru]. The Balaban J connectivity index is 0.000000523. The van der Waals surface area contributed by atoms with Gasteiger partial charge in [-0.2, -0.15) is 0 Å². The van der Waals surface area contributed by atoms with Gasteiger partial charge in [-0.15, -0.1) is 0 Å². The topological polar surface area (TPSA) is 0 Å². The quantitative estimate of drug-likeness (QED) is 0.190. The van der Waals surface area contributed by atoms with E-state index in [1.54, 1.807) is 0 Å². The summed E-state index contributed by atoms with van der Waals surface area (Å²) < 4.78 is 1.92. The summed E-state index contributed by atoms with van der Waals surface area (Å²) in [7, 11) is 8.52. The second-order valence-electron chi connectivity index (χ2n) is 12.8. The van der Waals surface area contributed by atoms with Crippen LogP contribution in [-0.4, -0.2) is 43.6 Å². The van der Waals surface area contributed by atoms with Gasteiger partial charge >= 0.3 is 73.4 Å². The van der Waals surface area contributed by atoms with E-state index >= 15 is 0 Å². The molecular weight excluding hydrogens is 786 g/mol. The second kappa shape index (κ2) is 21.5. The molecule has 2 fully saturated rings. The molecule has 0 bridgehead atoms. The van der Waals surface area contributed by atoms with E-state index < -0.39 is 44.2 Å². The van der Waals surface area contributed by atoms with Crippen LogP contribution in [0.25, 0.3) is 0 Å². The van der Waals surface area contributed by atoms with E-state index in [0.717, 1.165) is 16.9 Å². The number of halogens is 4. The van der Waals surface area contributed by atoms with Crippen LogP contribution in [-0.2, 0) is 33.0 Å². The first-order chi connectivity index (χ1) is 16.8. The van der Waals surface area contributed by atoms with Gasteiger partial charge in [0.05, 0.1) is 76.1 Å². The third-order valence-corrected chi connectivity index (χ3v) is 26.7. The van der Waals surface area contributed by atoms with Crippen LogP contribution in [0.4, 0.5) is 0 Å². The van der Waals surface area contributed by atoms with E-state index in [9.17, 15) is 0 Å². The molecule has 0 spiro atoms. The van der Waals surface area contributed by atoms with Crippen molar-refractivity contribution >= 4 is 77.2 Å². The molecule has 0 aromatic heterocycles. The minimum atomic E-state index is -1.61. The van der Waals surface area contributed by atoms with Crippen LogP contribution in [0.3, 0.4) is 0 Å². The van der Waals surface area contributed by atoms with Gasteiger partial charge in [0.1, 0.15) is 0 Å². The summed E-state index contributed by atoms with van der Waals surface area (Å²) in [5.74, 6) is 2.81. The van der Waals surface area contributed by atoms with Gasteiger partial charge in [-0.3, -0.25) is 0 Å². The van der Waals surface area contributed by atoms with Crippen molar-refractivity contribution in [2.45, 2.75) is 115 Å². The molecule has 2 unspecified atom stereocenters. The van der Waals surface area contributed by atoms with Crippen molar-refractivity contribution < 1.29 is 33.0 Å². The second-order valence-corrected chi connectivity index (χ2v) is 37.9.